The van der Waals surface area contributed by atoms with Gasteiger partial charge in [-0.2, -0.15) is 0 Å². The van der Waals surface area contributed by atoms with Crippen LogP contribution in [0.2, 0.25) is 0 Å². The molecule has 0 saturated heterocycles. The first-order valence-electron chi connectivity index (χ1n) is 12.9. The van der Waals surface area contributed by atoms with Gasteiger partial charge in [-0.1, -0.05) is 78.9 Å². The largest absolute Gasteiger partial charge is 0.311 e. The second-order valence-electron chi connectivity index (χ2n) is 9.72. The molecule has 7 rings (SSSR count). The van der Waals surface area contributed by atoms with E-state index in [1.807, 2.05) is 84.9 Å². The van der Waals surface area contributed by atoms with Crippen molar-refractivity contribution in [1.29, 1.82) is 0 Å². The lowest BCUT2D eigenvalue weighted by Gasteiger charge is -2.25. The van der Waals surface area contributed by atoms with Gasteiger partial charge in [-0.15, -0.1) is 0 Å². The lowest BCUT2D eigenvalue weighted by Crippen LogP contribution is -2.21. The van der Waals surface area contributed by atoms with Gasteiger partial charge < -0.3 is 4.90 Å². The molecule has 6 aromatic rings. The third kappa shape index (κ3) is 3.92. The van der Waals surface area contributed by atoms with Crippen LogP contribution in [0.25, 0.3) is 21.9 Å². The molecular formula is C36H23NO2. The highest BCUT2D eigenvalue weighted by atomic mass is 16.1. The van der Waals surface area contributed by atoms with Crippen molar-refractivity contribution < 1.29 is 9.59 Å². The third-order valence-electron chi connectivity index (χ3n) is 7.37. The number of carbonyl (C=O) groups excluding carboxylic acids is 2. The Morgan fingerprint density at radius 2 is 0.795 bits per heavy atom. The molecule has 0 amide bonds. The van der Waals surface area contributed by atoms with Crippen molar-refractivity contribution in [2.45, 2.75) is 0 Å². The van der Waals surface area contributed by atoms with Crippen LogP contribution in [0.5, 0.6) is 0 Å². The number of hydrogen-bond donors (Lipinski definition) is 0. The first-order chi connectivity index (χ1) is 19.2. The monoisotopic (exact) mass is 501 g/mol. The van der Waals surface area contributed by atoms with Gasteiger partial charge in [0.25, 0.3) is 0 Å². The first kappa shape index (κ1) is 22.9. The van der Waals surface area contributed by atoms with Gasteiger partial charge in [0.1, 0.15) is 0 Å². The SMILES string of the molecule is O=C1c2ccc(-c3ccc(N(c4ccccc4)c4ccccc4)cc3)cc2C(=O)c2cc3ccccc3cc21. The minimum atomic E-state index is -0.108. The molecule has 0 aromatic heterocycles. The van der Waals surface area contributed by atoms with E-state index < -0.39 is 0 Å². The van der Waals surface area contributed by atoms with Crippen molar-refractivity contribution in [3.05, 3.63) is 162 Å². The standard InChI is InChI=1S/C36H23NO2/c38-35-31-20-17-27(23-32(31)36(39)34-22-26-10-8-7-9-25(26)21-33(34)35)24-15-18-30(19-16-24)37(28-11-3-1-4-12-28)29-13-5-2-6-14-29/h1-23H. The van der Waals surface area contributed by atoms with E-state index in [0.717, 1.165) is 39.0 Å². The fourth-order valence-corrected chi connectivity index (χ4v) is 5.42. The van der Waals surface area contributed by atoms with Gasteiger partial charge in [0.05, 0.1) is 0 Å². The van der Waals surface area contributed by atoms with Crippen molar-refractivity contribution in [3.8, 4) is 11.1 Å². The average molecular weight is 502 g/mol. The van der Waals surface area contributed by atoms with Crippen LogP contribution in [-0.2, 0) is 0 Å². The highest BCUT2D eigenvalue weighted by Gasteiger charge is 2.30. The highest BCUT2D eigenvalue weighted by molar-refractivity contribution is 6.29. The maximum Gasteiger partial charge on any atom is 0.194 e. The van der Waals surface area contributed by atoms with E-state index in [0.29, 0.717) is 22.3 Å². The first-order valence-corrected chi connectivity index (χ1v) is 12.9. The molecule has 0 fully saturated rings. The van der Waals surface area contributed by atoms with Crippen molar-refractivity contribution in [1.82, 2.24) is 0 Å². The quantitative estimate of drug-likeness (QED) is 0.242. The predicted octanol–water partition coefficient (Wildman–Crippen LogP) is 8.75. The number of rotatable bonds is 4. The van der Waals surface area contributed by atoms with E-state index in [1.54, 1.807) is 6.07 Å². The molecule has 0 radical (unpaired) electrons. The minimum absolute atomic E-state index is 0.103. The number of benzene rings is 6. The fraction of sp³-hybridized carbons (Fsp3) is 0. The molecule has 0 heterocycles. The van der Waals surface area contributed by atoms with Gasteiger partial charge in [-0.3, -0.25) is 9.59 Å². The van der Waals surface area contributed by atoms with E-state index in [4.69, 9.17) is 0 Å². The summed E-state index contributed by atoms with van der Waals surface area (Å²) < 4.78 is 0. The molecule has 0 N–H and O–H groups in total. The molecule has 1 aliphatic carbocycles. The summed E-state index contributed by atoms with van der Waals surface area (Å²) in [5, 5.41) is 1.91. The Balaban J connectivity index is 1.26. The molecule has 6 aromatic carbocycles. The van der Waals surface area contributed by atoms with Gasteiger partial charge >= 0.3 is 0 Å². The zero-order chi connectivity index (χ0) is 26.3. The smallest absolute Gasteiger partial charge is 0.194 e. The average Bonchev–Trinajstić information content (AvgIpc) is 3.00. The van der Waals surface area contributed by atoms with Gasteiger partial charge in [-0.05, 0) is 82.6 Å². The summed E-state index contributed by atoms with van der Waals surface area (Å²) >= 11 is 0. The topological polar surface area (TPSA) is 37.4 Å². The molecule has 3 nitrogen and oxygen atoms in total. The van der Waals surface area contributed by atoms with Crippen molar-refractivity contribution in [3.63, 3.8) is 0 Å². The van der Waals surface area contributed by atoms with Crippen LogP contribution in [0.15, 0.2) is 140 Å². The second-order valence-corrected chi connectivity index (χ2v) is 9.72. The van der Waals surface area contributed by atoms with Crippen LogP contribution in [0.3, 0.4) is 0 Å². The normalized spacial score (nSPS) is 12.2. The minimum Gasteiger partial charge on any atom is -0.311 e. The third-order valence-corrected chi connectivity index (χ3v) is 7.37. The summed E-state index contributed by atoms with van der Waals surface area (Å²) in [6, 6.07) is 45.9. The van der Waals surface area contributed by atoms with Crippen molar-refractivity contribution >= 4 is 39.4 Å². The number of carbonyl (C=O) groups is 2. The Hall–Kier alpha value is -5.28. The number of ketones is 2. The second kappa shape index (κ2) is 9.23. The molecule has 0 unspecified atom stereocenters. The molecule has 0 bridgehead atoms. The molecule has 0 aliphatic heterocycles. The number of nitrogens with zero attached hydrogens (tertiary/aromatic N) is 1. The summed E-state index contributed by atoms with van der Waals surface area (Å²) in [7, 11) is 0. The summed E-state index contributed by atoms with van der Waals surface area (Å²) in [6.45, 7) is 0. The zero-order valence-corrected chi connectivity index (χ0v) is 21.0. The van der Waals surface area contributed by atoms with Crippen molar-refractivity contribution in [2.24, 2.45) is 0 Å². The Morgan fingerprint density at radius 1 is 0.359 bits per heavy atom. The Labute approximate surface area is 226 Å². The number of anilines is 3. The maximum absolute atomic E-state index is 13.6. The molecule has 0 spiro atoms. The van der Waals surface area contributed by atoms with Crippen LogP contribution in [0, 0.1) is 0 Å². The number of para-hydroxylation sites is 2. The van der Waals surface area contributed by atoms with E-state index in [9.17, 15) is 9.59 Å². The summed E-state index contributed by atoms with van der Waals surface area (Å²) in [6.07, 6.45) is 0. The zero-order valence-electron chi connectivity index (χ0n) is 21.0. The lowest BCUT2D eigenvalue weighted by molar-refractivity contribution is 0.0979. The highest BCUT2D eigenvalue weighted by Crippen LogP contribution is 2.37. The van der Waals surface area contributed by atoms with E-state index in [-0.39, 0.29) is 11.6 Å². The van der Waals surface area contributed by atoms with Crippen LogP contribution >= 0.6 is 0 Å². The van der Waals surface area contributed by atoms with E-state index in [1.165, 1.54) is 0 Å². The van der Waals surface area contributed by atoms with E-state index >= 15 is 0 Å². The molecule has 39 heavy (non-hydrogen) atoms. The molecule has 0 saturated carbocycles. The fourth-order valence-electron chi connectivity index (χ4n) is 5.42. The maximum atomic E-state index is 13.6. The van der Waals surface area contributed by atoms with E-state index in [2.05, 4.69) is 53.4 Å². The lowest BCUT2D eigenvalue weighted by atomic mass is 9.81. The molecular weight excluding hydrogens is 478 g/mol. The molecule has 1 aliphatic rings. The predicted molar refractivity (Wildman–Crippen MR) is 157 cm³/mol. The van der Waals surface area contributed by atoms with Crippen LogP contribution in [-0.4, -0.2) is 11.6 Å². The Morgan fingerprint density at radius 3 is 1.36 bits per heavy atom. The van der Waals surface area contributed by atoms with Crippen molar-refractivity contribution in [2.75, 3.05) is 4.90 Å². The number of fused-ring (bicyclic) bond motifs is 3. The van der Waals surface area contributed by atoms with Crippen LogP contribution in [0.1, 0.15) is 31.8 Å². The Kier molecular flexibility index (Phi) is 5.42. The molecule has 3 heteroatoms. The van der Waals surface area contributed by atoms with Crippen LogP contribution < -0.4 is 4.90 Å². The Bertz CT molecular complexity index is 1830. The van der Waals surface area contributed by atoms with Gasteiger partial charge in [-0.25, -0.2) is 0 Å². The summed E-state index contributed by atoms with van der Waals surface area (Å²) in [5.74, 6) is -0.211. The molecule has 184 valence electrons. The van der Waals surface area contributed by atoms with Gasteiger partial charge in [0, 0.05) is 39.3 Å². The van der Waals surface area contributed by atoms with Gasteiger partial charge in [0.2, 0.25) is 0 Å². The van der Waals surface area contributed by atoms with Gasteiger partial charge in [0.15, 0.2) is 11.6 Å². The summed E-state index contributed by atoms with van der Waals surface area (Å²) in [4.78, 5) is 29.2. The summed E-state index contributed by atoms with van der Waals surface area (Å²) in [5.41, 5.74) is 6.92. The number of hydrogen-bond acceptors (Lipinski definition) is 3. The van der Waals surface area contributed by atoms with Crippen LogP contribution in [0.4, 0.5) is 17.1 Å². The molecule has 0 atom stereocenters.